The number of halogens is 1. The summed E-state index contributed by atoms with van der Waals surface area (Å²) in [6.45, 7) is 6.81. The molecule has 1 heterocycles. The van der Waals surface area contributed by atoms with Gasteiger partial charge in [-0.25, -0.2) is 0 Å². The molecule has 1 aliphatic heterocycles. The maximum Gasteiger partial charge on any atom is 0.312 e. The van der Waals surface area contributed by atoms with E-state index in [0.29, 0.717) is 5.02 Å². The van der Waals surface area contributed by atoms with Crippen LogP contribution in [0.15, 0.2) is 12.1 Å². The zero-order valence-corrected chi connectivity index (χ0v) is 12.4. The zero-order chi connectivity index (χ0) is 14.7. The molecular formula is C13H18ClN3O3. The number of piperazine rings is 1. The summed E-state index contributed by atoms with van der Waals surface area (Å²) >= 11 is 6.19. The third-order valence-corrected chi connectivity index (χ3v) is 3.91. The monoisotopic (exact) mass is 299 g/mol. The molecule has 0 aromatic heterocycles. The van der Waals surface area contributed by atoms with Crippen molar-refractivity contribution in [1.29, 1.82) is 0 Å². The Morgan fingerprint density at radius 3 is 2.50 bits per heavy atom. The molecule has 0 atom stereocenters. The molecule has 1 fully saturated rings. The Hall–Kier alpha value is -1.53. The number of rotatable bonds is 4. The first-order chi connectivity index (χ1) is 9.56. The molecule has 1 aliphatic rings. The van der Waals surface area contributed by atoms with Gasteiger partial charge in [0.05, 0.1) is 22.7 Å². The van der Waals surface area contributed by atoms with E-state index in [1.807, 2.05) is 0 Å². The van der Waals surface area contributed by atoms with E-state index in [4.69, 9.17) is 16.3 Å². The van der Waals surface area contributed by atoms with Crippen LogP contribution in [-0.4, -0.2) is 49.7 Å². The summed E-state index contributed by atoms with van der Waals surface area (Å²) in [4.78, 5) is 15.0. The molecular weight excluding hydrogens is 282 g/mol. The maximum atomic E-state index is 10.9. The van der Waals surface area contributed by atoms with Gasteiger partial charge in [-0.05, 0) is 6.54 Å². The van der Waals surface area contributed by atoms with Crippen LogP contribution in [0.3, 0.4) is 0 Å². The summed E-state index contributed by atoms with van der Waals surface area (Å²) in [5.74, 6) is 0.243. The number of nitrogens with zero attached hydrogens (tertiary/aromatic N) is 3. The molecule has 0 amide bonds. The molecule has 110 valence electrons. The maximum absolute atomic E-state index is 10.9. The molecule has 1 aromatic rings. The summed E-state index contributed by atoms with van der Waals surface area (Å²) in [7, 11) is 1.43. The predicted molar refractivity (Wildman–Crippen MR) is 79.0 cm³/mol. The lowest BCUT2D eigenvalue weighted by Crippen LogP contribution is -2.46. The number of ether oxygens (including phenoxy) is 1. The Morgan fingerprint density at radius 1 is 1.35 bits per heavy atom. The average Bonchev–Trinajstić information content (AvgIpc) is 2.47. The van der Waals surface area contributed by atoms with E-state index in [9.17, 15) is 10.1 Å². The fraction of sp³-hybridized carbons (Fsp3) is 0.538. The zero-order valence-electron chi connectivity index (χ0n) is 11.6. The van der Waals surface area contributed by atoms with Crippen molar-refractivity contribution in [3.63, 3.8) is 0 Å². The summed E-state index contributed by atoms with van der Waals surface area (Å²) in [5, 5.41) is 11.3. The minimum atomic E-state index is -0.483. The largest absolute Gasteiger partial charge is 0.490 e. The minimum Gasteiger partial charge on any atom is -0.490 e. The van der Waals surface area contributed by atoms with Gasteiger partial charge in [-0.2, -0.15) is 0 Å². The number of nitro groups is 1. The van der Waals surface area contributed by atoms with Crippen LogP contribution in [0.1, 0.15) is 6.92 Å². The van der Waals surface area contributed by atoms with Crippen LogP contribution in [-0.2, 0) is 0 Å². The number of nitro benzene ring substituents is 1. The van der Waals surface area contributed by atoms with Crippen LogP contribution in [0.2, 0.25) is 5.02 Å². The van der Waals surface area contributed by atoms with Crippen LogP contribution in [0.5, 0.6) is 5.75 Å². The van der Waals surface area contributed by atoms with Gasteiger partial charge in [0.2, 0.25) is 0 Å². The standard InChI is InChI=1S/C13H18ClN3O3/c1-3-15-4-6-16(7-5-15)11-9-13(20-2)12(17(18)19)8-10(11)14/h8-9H,3-7H2,1-2H3. The Kier molecular flexibility index (Phi) is 4.67. The molecule has 0 aliphatic carbocycles. The average molecular weight is 300 g/mol. The highest BCUT2D eigenvalue weighted by molar-refractivity contribution is 6.33. The van der Waals surface area contributed by atoms with Crippen LogP contribution in [0.25, 0.3) is 0 Å². The van der Waals surface area contributed by atoms with E-state index < -0.39 is 4.92 Å². The number of anilines is 1. The van der Waals surface area contributed by atoms with E-state index in [0.717, 1.165) is 38.4 Å². The van der Waals surface area contributed by atoms with Crippen molar-refractivity contribution in [3.8, 4) is 5.75 Å². The highest BCUT2D eigenvalue weighted by atomic mass is 35.5. The van der Waals surface area contributed by atoms with Gasteiger partial charge in [-0.15, -0.1) is 0 Å². The molecule has 0 N–H and O–H groups in total. The van der Waals surface area contributed by atoms with E-state index in [1.54, 1.807) is 6.07 Å². The number of hydrogen-bond donors (Lipinski definition) is 0. The first kappa shape index (κ1) is 14.9. The van der Waals surface area contributed by atoms with E-state index in [-0.39, 0.29) is 11.4 Å². The lowest BCUT2D eigenvalue weighted by molar-refractivity contribution is -0.385. The lowest BCUT2D eigenvalue weighted by atomic mass is 10.2. The molecule has 20 heavy (non-hydrogen) atoms. The highest BCUT2D eigenvalue weighted by Crippen LogP contribution is 2.38. The molecule has 0 spiro atoms. The van der Waals surface area contributed by atoms with E-state index in [2.05, 4.69) is 16.7 Å². The summed E-state index contributed by atoms with van der Waals surface area (Å²) < 4.78 is 5.10. The number of methoxy groups -OCH3 is 1. The topological polar surface area (TPSA) is 58.8 Å². The molecule has 6 nitrogen and oxygen atoms in total. The quantitative estimate of drug-likeness (QED) is 0.631. The number of benzene rings is 1. The second-order valence-corrected chi connectivity index (χ2v) is 5.06. The van der Waals surface area contributed by atoms with Gasteiger partial charge in [0.1, 0.15) is 0 Å². The molecule has 0 unspecified atom stereocenters. The fourth-order valence-corrected chi connectivity index (χ4v) is 2.66. The van der Waals surface area contributed by atoms with Gasteiger partial charge in [-0.1, -0.05) is 18.5 Å². The van der Waals surface area contributed by atoms with Crippen LogP contribution in [0.4, 0.5) is 11.4 Å². The second-order valence-electron chi connectivity index (χ2n) is 4.65. The molecule has 1 aromatic carbocycles. The van der Waals surface area contributed by atoms with Crippen LogP contribution in [0, 0.1) is 10.1 Å². The fourth-order valence-electron chi connectivity index (χ4n) is 2.39. The molecule has 0 bridgehead atoms. The molecule has 7 heteroatoms. The van der Waals surface area contributed by atoms with Crippen molar-refractivity contribution in [1.82, 2.24) is 4.90 Å². The van der Waals surface area contributed by atoms with Crippen molar-refractivity contribution in [2.75, 3.05) is 44.7 Å². The van der Waals surface area contributed by atoms with Crippen LogP contribution < -0.4 is 9.64 Å². The van der Waals surface area contributed by atoms with Gasteiger partial charge in [-0.3, -0.25) is 10.1 Å². The minimum absolute atomic E-state index is 0.103. The highest BCUT2D eigenvalue weighted by Gasteiger charge is 2.23. The third kappa shape index (κ3) is 2.96. The molecule has 1 saturated heterocycles. The van der Waals surface area contributed by atoms with Crippen molar-refractivity contribution in [2.24, 2.45) is 0 Å². The summed E-state index contributed by atoms with van der Waals surface area (Å²) in [5.41, 5.74) is 0.693. The van der Waals surface area contributed by atoms with E-state index >= 15 is 0 Å². The van der Waals surface area contributed by atoms with Gasteiger partial charge >= 0.3 is 5.69 Å². The van der Waals surface area contributed by atoms with Crippen LogP contribution >= 0.6 is 11.6 Å². The summed E-state index contributed by atoms with van der Waals surface area (Å²) in [6, 6.07) is 3.02. The lowest BCUT2D eigenvalue weighted by Gasteiger charge is -2.36. The van der Waals surface area contributed by atoms with Crippen molar-refractivity contribution < 1.29 is 9.66 Å². The first-order valence-corrected chi connectivity index (χ1v) is 6.93. The Balaban J connectivity index is 2.26. The van der Waals surface area contributed by atoms with E-state index in [1.165, 1.54) is 13.2 Å². The number of hydrogen-bond acceptors (Lipinski definition) is 5. The van der Waals surface area contributed by atoms with Crippen molar-refractivity contribution in [2.45, 2.75) is 6.92 Å². The molecule has 0 saturated carbocycles. The Labute approximate surface area is 123 Å². The normalized spacial score (nSPS) is 16.2. The Morgan fingerprint density at radius 2 is 2.00 bits per heavy atom. The predicted octanol–water partition coefficient (Wildman–Crippen LogP) is 2.40. The van der Waals surface area contributed by atoms with Crippen molar-refractivity contribution >= 4 is 23.0 Å². The first-order valence-electron chi connectivity index (χ1n) is 6.56. The van der Waals surface area contributed by atoms with Gasteiger partial charge in [0.15, 0.2) is 5.75 Å². The van der Waals surface area contributed by atoms with Gasteiger partial charge in [0, 0.05) is 38.3 Å². The summed E-state index contributed by atoms with van der Waals surface area (Å²) in [6.07, 6.45) is 0. The molecule has 0 radical (unpaired) electrons. The smallest absolute Gasteiger partial charge is 0.312 e. The van der Waals surface area contributed by atoms with Gasteiger partial charge in [0.25, 0.3) is 0 Å². The number of likely N-dealkylation sites (N-methyl/N-ethyl adjacent to an activating group) is 1. The third-order valence-electron chi connectivity index (χ3n) is 3.61. The van der Waals surface area contributed by atoms with Crippen molar-refractivity contribution in [3.05, 3.63) is 27.3 Å². The molecule has 2 rings (SSSR count). The van der Waals surface area contributed by atoms with Gasteiger partial charge < -0.3 is 14.5 Å². The Bertz CT molecular complexity index is 502. The second kappa shape index (κ2) is 6.28. The SMILES string of the molecule is CCN1CCN(c2cc(OC)c([N+](=O)[O-])cc2Cl)CC1.